The van der Waals surface area contributed by atoms with E-state index in [-0.39, 0.29) is 22.9 Å². The molecule has 0 saturated heterocycles. The van der Waals surface area contributed by atoms with E-state index in [0.29, 0.717) is 27.8 Å². The lowest BCUT2D eigenvalue weighted by Crippen LogP contribution is -2.29. The highest BCUT2D eigenvalue weighted by atomic mass is 79.9. The first-order valence-corrected chi connectivity index (χ1v) is 12.1. The predicted octanol–water partition coefficient (Wildman–Crippen LogP) is 5.60. The standard InChI is InChI=1S/C27H16BrFN6O3/c28-16-3-6-18(7-4-16)35-24-15(2-1-10-31-24)12-20(27(35)37)25(36)34-17-5-8-22(21(29)13-17)38-26-19-9-11-30-23(19)32-14-33-26/h1-14H,(H,34,36)(H,30,32,33). The number of nitrogens with zero attached hydrogens (tertiary/aromatic N) is 4. The van der Waals surface area contributed by atoms with Crippen LogP contribution in [0.25, 0.3) is 27.8 Å². The van der Waals surface area contributed by atoms with Gasteiger partial charge in [0.2, 0.25) is 5.88 Å². The van der Waals surface area contributed by atoms with Crippen LogP contribution in [0.15, 0.2) is 94.7 Å². The van der Waals surface area contributed by atoms with Crippen LogP contribution in [0, 0.1) is 5.82 Å². The van der Waals surface area contributed by atoms with Crippen LogP contribution >= 0.6 is 15.9 Å². The number of carbonyl (C=O) groups is 1. The minimum atomic E-state index is -0.722. The summed E-state index contributed by atoms with van der Waals surface area (Å²) in [5.41, 5.74) is 0.977. The van der Waals surface area contributed by atoms with E-state index < -0.39 is 17.3 Å². The second-order valence-corrected chi connectivity index (χ2v) is 9.13. The van der Waals surface area contributed by atoms with Gasteiger partial charge in [0.05, 0.1) is 11.1 Å². The van der Waals surface area contributed by atoms with Crippen molar-refractivity contribution < 1.29 is 13.9 Å². The molecule has 2 aromatic carbocycles. The van der Waals surface area contributed by atoms with Crippen molar-refractivity contribution in [3.8, 4) is 17.3 Å². The van der Waals surface area contributed by atoms with Crippen molar-refractivity contribution in [3.05, 3.63) is 112 Å². The number of nitrogens with one attached hydrogen (secondary N) is 2. The van der Waals surface area contributed by atoms with Gasteiger partial charge in [-0.3, -0.25) is 14.2 Å². The molecule has 0 saturated carbocycles. The minimum absolute atomic E-state index is 0.0847. The van der Waals surface area contributed by atoms with Crippen molar-refractivity contribution >= 4 is 49.6 Å². The zero-order chi connectivity index (χ0) is 26.2. The highest BCUT2D eigenvalue weighted by Crippen LogP contribution is 2.29. The van der Waals surface area contributed by atoms with Crippen LogP contribution in [0.5, 0.6) is 11.6 Å². The molecule has 0 unspecified atom stereocenters. The Hall–Kier alpha value is -4.90. The number of H-pyrrole nitrogens is 1. The van der Waals surface area contributed by atoms with E-state index in [1.54, 1.807) is 54.9 Å². The maximum atomic E-state index is 14.9. The van der Waals surface area contributed by atoms with Crippen LogP contribution in [-0.2, 0) is 0 Å². The summed E-state index contributed by atoms with van der Waals surface area (Å²) in [6, 6.07) is 17.7. The minimum Gasteiger partial charge on any atom is -0.435 e. The van der Waals surface area contributed by atoms with Gasteiger partial charge in [0.15, 0.2) is 11.6 Å². The van der Waals surface area contributed by atoms with Gasteiger partial charge in [-0.25, -0.2) is 19.3 Å². The molecule has 0 atom stereocenters. The monoisotopic (exact) mass is 570 g/mol. The molecule has 1 amide bonds. The molecule has 4 aromatic heterocycles. The zero-order valence-electron chi connectivity index (χ0n) is 19.4. The SMILES string of the molecule is O=C(Nc1ccc(Oc2ncnc3[nH]ccc23)c(F)c1)c1cc2cccnc2n(-c2ccc(Br)cc2)c1=O. The van der Waals surface area contributed by atoms with Gasteiger partial charge < -0.3 is 15.0 Å². The van der Waals surface area contributed by atoms with Crippen molar-refractivity contribution in [1.29, 1.82) is 0 Å². The van der Waals surface area contributed by atoms with Gasteiger partial charge in [-0.2, -0.15) is 0 Å². The van der Waals surface area contributed by atoms with Crippen LogP contribution in [0.3, 0.4) is 0 Å². The highest BCUT2D eigenvalue weighted by Gasteiger charge is 2.19. The molecule has 38 heavy (non-hydrogen) atoms. The summed E-state index contributed by atoms with van der Waals surface area (Å²) < 4.78 is 22.8. The summed E-state index contributed by atoms with van der Waals surface area (Å²) in [4.78, 5) is 42.1. The number of halogens is 2. The molecule has 0 aliphatic rings. The summed E-state index contributed by atoms with van der Waals surface area (Å²) in [6.45, 7) is 0. The fraction of sp³-hybridized carbons (Fsp3) is 0. The van der Waals surface area contributed by atoms with Crippen molar-refractivity contribution in [1.82, 2.24) is 24.5 Å². The first-order valence-electron chi connectivity index (χ1n) is 11.3. The molecule has 9 nitrogen and oxygen atoms in total. The van der Waals surface area contributed by atoms with Gasteiger partial charge in [-0.1, -0.05) is 15.9 Å². The van der Waals surface area contributed by atoms with E-state index in [4.69, 9.17) is 4.74 Å². The van der Waals surface area contributed by atoms with Crippen molar-refractivity contribution in [2.75, 3.05) is 5.32 Å². The number of ether oxygens (including phenoxy) is 1. The van der Waals surface area contributed by atoms with Crippen LogP contribution in [-0.4, -0.2) is 30.4 Å². The van der Waals surface area contributed by atoms with Crippen LogP contribution in [0.4, 0.5) is 10.1 Å². The molecule has 11 heteroatoms. The number of hydrogen-bond acceptors (Lipinski definition) is 6. The van der Waals surface area contributed by atoms with Crippen molar-refractivity contribution in [2.24, 2.45) is 0 Å². The van der Waals surface area contributed by atoms with E-state index in [0.717, 1.165) is 10.5 Å². The lowest BCUT2D eigenvalue weighted by Gasteiger charge is -2.13. The first-order chi connectivity index (χ1) is 18.5. The van der Waals surface area contributed by atoms with Gasteiger partial charge in [-0.15, -0.1) is 0 Å². The number of amides is 1. The second-order valence-electron chi connectivity index (χ2n) is 8.21. The summed E-state index contributed by atoms with van der Waals surface area (Å²) in [5.74, 6) is -1.31. The van der Waals surface area contributed by atoms with Crippen LogP contribution < -0.4 is 15.6 Å². The molecule has 0 spiro atoms. The third-order valence-corrected chi connectivity index (χ3v) is 6.33. The van der Waals surface area contributed by atoms with Gasteiger partial charge in [-0.05, 0) is 60.7 Å². The van der Waals surface area contributed by atoms with Crippen molar-refractivity contribution in [2.45, 2.75) is 0 Å². The summed E-state index contributed by atoms with van der Waals surface area (Å²) in [5, 5.41) is 3.79. The smallest absolute Gasteiger partial charge is 0.269 e. The number of aromatic nitrogens is 5. The normalized spacial score (nSPS) is 11.1. The summed E-state index contributed by atoms with van der Waals surface area (Å²) in [7, 11) is 0. The molecule has 0 radical (unpaired) electrons. The van der Waals surface area contributed by atoms with Gasteiger partial charge >= 0.3 is 0 Å². The third kappa shape index (κ3) is 4.28. The third-order valence-electron chi connectivity index (χ3n) is 5.81. The molecular formula is C27H16BrFN6O3. The van der Waals surface area contributed by atoms with E-state index >= 15 is 0 Å². The Labute approximate surface area is 222 Å². The Morgan fingerprint density at radius 1 is 1.03 bits per heavy atom. The average molecular weight is 571 g/mol. The quantitative estimate of drug-likeness (QED) is 0.278. The maximum absolute atomic E-state index is 14.9. The lowest BCUT2D eigenvalue weighted by atomic mass is 10.1. The molecule has 6 rings (SSSR count). The summed E-state index contributed by atoms with van der Waals surface area (Å²) >= 11 is 3.38. The van der Waals surface area contributed by atoms with Crippen LogP contribution in [0.2, 0.25) is 0 Å². The highest BCUT2D eigenvalue weighted by molar-refractivity contribution is 9.10. The molecular weight excluding hydrogens is 555 g/mol. The van der Waals surface area contributed by atoms with Gasteiger partial charge in [0.25, 0.3) is 11.5 Å². The molecule has 186 valence electrons. The maximum Gasteiger partial charge on any atom is 0.269 e. The van der Waals surface area contributed by atoms with E-state index in [2.05, 4.69) is 41.2 Å². The Morgan fingerprint density at radius 3 is 2.68 bits per heavy atom. The van der Waals surface area contributed by atoms with Crippen molar-refractivity contribution in [3.63, 3.8) is 0 Å². The average Bonchev–Trinajstić information content (AvgIpc) is 3.41. The number of rotatable bonds is 5. The fourth-order valence-corrected chi connectivity index (χ4v) is 4.29. The molecule has 0 fully saturated rings. The second kappa shape index (κ2) is 9.52. The van der Waals surface area contributed by atoms with Gasteiger partial charge in [0, 0.05) is 34.0 Å². The first kappa shape index (κ1) is 23.5. The summed E-state index contributed by atoms with van der Waals surface area (Å²) in [6.07, 6.45) is 4.56. The largest absolute Gasteiger partial charge is 0.435 e. The number of fused-ring (bicyclic) bond motifs is 2. The number of hydrogen-bond donors (Lipinski definition) is 2. The van der Waals surface area contributed by atoms with Crippen LogP contribution in [0.1, 0.15) is 10.4 Å². The van der Waals surface area contributed by atoms with E-state index in [1.807, 2.05) is 0 Å². The Bertz CT molecular complexity index is 1900. The zero-order valence-corrected chi connectivity index (χ0v) is 20.9. The number of aromatic amines is 1. The molecule has 6 aromatic rings. The number of carbonyl (C=O) groups excluding carboxylic acids is 1. The topological polar surface area (TPSA) is 115 Å². The lowest BCUT2D eigenvalue weighted by molar-refractivity contribution is 0.102. The molecule has 4 heterocycles. The molecule has 0 bridgehead atoms. The fourth-order valence-electron chi connectivity index (χ4n) is 4.03. The number of benzene rings is 2. The van der Waals surface area contributed by atoms with Gasteiger partial charge in [0.1, 0.15) is 23.2 Å². The number of pyridine rings is 2. The molecule has 2 N–H and O–H groups in total. The number of anilines is 1. The predicted molar refractivity (Wildman–Crippen MR) is 143 cm³/mol. The molecule has 0 aliphatic heterocycles. The Balaban J connectivity index is 1.32. The van der Waals surface area contributed by atoms with E-state index in [9.17, 15) is 14.0 Å². The molecule has 0 aliphatic carbocycles. The Kier molecular flexibility index (Phi) is 5.89. The Morgan fingerprint density at radius 2 is 1.87 bits per heavy atom. The van der Waals surface area contributed by atoms with E-state index in [1.165, 1.54) is 29.1 Å².